The molecule has 1 aliphatic rings. The average molecular weight is 510 g/mol. The third-order valence-corrected chi connectivity index (χ3v) is 5.82. The molecule has 14 heteroatoms. The van der Waals surface area contributed by atoms with Crippen LogP contribution in [0.25, 0.3) is 10.9 Å². The van der Waals surface area contributed by atoms with Gasteiger partial charge in [-0.15, -0.1) is 0 Å². The van der Waals surface area contributed by atoms with Crippen LogP contribution < -0.4 is 4.90 Å². The second kappa shape index (κ2) is 8.86. The lowest BCUT2D eigenvalue weighted by molar-refractivity contribution is -0.155. The highest BCUT2D eigenvalue weighted by molar-refractivity contribution is 6.31. The number of aliphatic hydroxyl groups is 2. The van der Waals surface area contributed by atoms with Crippen molar-refractivity contribution in [3.63, 3.8) is 0 Å². The number of halogens is 7. The van der Waals surface area contributed by atoms with Gasteiger partial charge in [-0.2, -0.15) is 36.3 Å². The zero-order valence-electron chi connectivity index (χ0n) is 17.3. The van der Waals surface area contributed by atoms with Crippen LogP contribution in [0.3, 0.4) is 0 Å². The molecule has 1 aliphatic heterocycles. The van der Waals surface area contributed by atoms with Crippen molar-refractivity contribution in [2.75, 3.05) is 18.1 Å². The molecule has 184 valence electrons. The maximum Gasteiger partial charge on any atom is 0.451 e. The van der Waals surface area contributed by atoms with Crippen LogP contribution in [0.1, 0.15) is 41.8 Å². The maximum atomic E-state index is 13.3. The van der Waals surface area contributed by atoms with E-state index >= 15 is 0 Å². The highest BCUT2D eigenvalue weighted by Gasteiger charge is 2.43. The number of alkyl halides is 6. The van der Waals surface area contributed by atoms with Crippen molar-refractivity contribution in [3.8, 4) is 0 Å². The van der Waals surface area contributed by atoms with Crippen LogP contribution in [0.15, 0.2) is 18.2 Å². The van der Waals surface area contributed by atoms with Gasteiger partial charge in [0.1, 0.15) is 0 Å². The lowest BCUT2D eigenvalue weighted by Crippen LogP contribution is -2.38. The van der Waals surface area contributed by atoms with E-state index in [-0.39, 0.29) is 25.8 Å². The molecular weight excluding hydrogens is 492 g/mol. The average Bonchev–Trinajstić information content (AvgIpc) is 3.13. The zero-order valence-corrected chi connectivity index (χ0v) is 18.0. The largest absolute Gasteiger partial charge is 0.451 e. The van der Waals surface area contributed by atoms with Crippen molar-refractivity contribution in [3.05, 3.63) is 46.1 Å². The predicted molar refractivity (Wildman–Crippen MR) is 109 cm³/mol. The first kappa shape index (κ1) is 24.5. The second-order valence-electron chi connectivity index (χ2n) is 7.86. The van der Waals surface area contributed by atoms with Crippen LogP contribution in [0.2, 0.25) is 5.02 Å². The van der Waals surface area contributed by atoms with Crippen molar-refractivity contribution in [2.24, 2.45) is 0 Å². The molecule has 0 saturated carbocycles. The molecule has 2 aromatic heterocycles. The summed E-state index contributed by atoms with van der Waals surface area (Å²) in [4.78, 5) is 13.6. The quantitative estimate of drug-likeness (QED) is 0.444. The van der Waals surface area contributed by atoms with E-state index in [1.807, 2.05) is 0 Å². The Bertz CT molecular complexity index is 1170. The Balaban J connectivity index is 1.84. The van der Waals surface area contributed by atoms with Gasteiger partial charge in [0.2, 0.25) is 17.6 Å². The first-order valence-electron chi connectivity index (χ1n) is 10.1. The van der Waals surface area contributed by atoms with E-state index < -0.39 is 48.7 Å². The van der Waals surface area contributed by atoms with Crippen molar-refractivity contribution in [2.45, 2.75) is 43.8 Å². The molecule has 3 N–H and O–H groups in total. The van der Waals surface area contributed by atoms with Gasteiger partial charge in [-0.1, -0.05) is 11.6 Å². The lowest BCUT2D eigenvalue weighted by Gasteiger charge is -2.36. The molecule has 0 bridgehead atoms. The zero-order chi connectivity index (χ0) is 24.8. The molecule has 0 spiro atoms. The van der Waals surface area contributed by atoms with Gasteiger partial charge in [0.15, 0.2) is 0 Å². The van der Waals surface area contributed by atoms with Crippen LogP contribution in [-0.2, 0) is 18.8 Å². The van der Waals surface area contributed by atoms with Gasteiger partial charge in [-0.3, -0.25) is 0 Å². The van der Waals surface area contributed by atoms with Crippen molar-refractivity contribution < 1.29 is 36.6 Å². The minimum Gasteiger partial charge on any atom is -0.394 e. The number of fused-ring (bicyclic) bond motifs is 3. The van der Waals surface area contributed by atoms with Gasteiger partial charge in [-0.25, -0.2) is 4.98 Å². The summed E-state index contributed by atoms with van der Waals surface area (Å²) >= 11 is 6.10. The number of hydrogen-bond donors (Lipinski definition) is 3. The number of benzene rings is 1. The number of anilines is 1. The fourth-order valence-electron chi connectivity index (χ4n) is 4.07. The van der Waals surface area contributed by atoms with Gasteiger partial charge < -0.3 is 20.1 Å². The Morgan fingerprint density at radius 3 is 2.32 bits per heavy atom. The summed E-state index contributed by atoms with van der Waals surface area (Å²) in [5, 5.41) is 20.2. The highest BCUT2D eigenvalue weighted by atomic mass is 35.5. The van der Waals surface area contributed by atoms with E-state index in [1.165, 1.54) is 4.90 Å². The fraction of sp³-hybridized carbons (Fsp3) is 0.450. The van der Waals surface area contributed by atoms with E-state index in [9.17, 15) is 36.6 Å². The molecule has 0 radical (unpaired) electrons. The number of rotatable bonds is 5. The molecule has 1 unspecified atom stereocenters. The van der Waals surface area contributed by atoms with E-state index in [4.69, 9.17) is 11.6 Å². The van der Waals surface area contributed by atoms with E-state index in [2.05, 4.69) is 19.9 Å². The van der Waals surface area contributed by atoms with E-state index in [1.54, 1.807) is 18.2 Å². The Hall–Kier alpha value is -2.64. The number of aromatic nitrogens is 4. The standard InChI is InChI=1S/C20H18ClF6N5O2/c21-9-1-3-13-12(7-9)11-5-6-32(14(15(11)28-13)4-2-10(34)8-33)18-30-16(19(22,23)24)29-17(31-18)20(25,26)27/h1,3,7,10,14,28,33-34H,2,4-6,8H2/t10?,14-/m0/s1. The summed E-state index contributed by atoms with van der Waals surface area (Å²) in [6.45, 7) is -0.547. The Kier molecular flexibility index (Phi) is 6.38. The SMILES string of the molecule is OCC(O)CC[C@H]1c2[nH]c3ccc(Cl)cc3c2CCN1c1nc(C(F)(F)F)nc(C(F)(F)F)n1. The summed E-state index contributed by atoms with van der Waals surface area (Å²) in [5.41, 5.74) is 2.03. The van der Waals surface area contributed by atoms with Crippen LogP contribution in [0.5, 0.6) is 0 Å². The van der Waals surface area contributed by atoms with E-state index in [0.717, 1.165) is 10.9 Å². The first-order valence-corrected chi connectivity index (χ1v) is 10.5. The van der Waals surface area contributed by atoms with Crippen LogP contribution in [0, 0.1) is 0 Å². The summed E-state index contributed by atoms with van der Waals surface area (Å²) in [5.74, 6) is -4.68. The Morgan fingerprint density at radius 1 is 1.09 bits per heavy atom. The molecular formula is C20H18ClF6N5O2. The molecule has 0 fully saturated rings. The van der Waals surface area contributed by atoms with Crippen molar-refractivity contribution in [1.29, 1.82) is 0 Å². The Morgan fingerprint density at radius 2 is 1.74 bits per heavy atom. The second-order valence-corrected chi connectivity index (χ2v) is 8.29. The summed E-state index contributed by atoms with van der Waals surface area (Å²) < 4.78 is 79.8. The minimum absolute atomic E-state index is 0.00492. The molecule has 3 aromatic rings. The molecule has 34 heavy (non-hydrogen) atoms. The van der Waals surface area contributed by atoms with E-state index in [0.29, 0.717) is 16.2 Å². The topological polar surface area (TPSA) is 98.2 Å². The number of nitrogens with one attached hydrogen (secondary N) is 1. The Labute approximate surface area is 193 Å². The van der Waals surface area contributed by atoms with Gasteiger partial charge >= 0.3 is 12.4 Å². The molecule has 4 rings (SSSR count). The predicted octanol–water partition coefficient (Wildman–Crippen LogP) is 4.28. The normalized spacial score (nSPS) is 17.8. The molecule has 2 atom stereocenters. The number of aliphatic hydroxyl groups excluding tert-OH is 2. The first-order chi connectivity index (χ1) is 15.9. The molecule has 0 aliphatic carbocycles. The number of aromatic amines is 1. The summed E-state index contributed by atoms with van der Waals surface area (Å²) in [6, 6.07) is 4.27. The van der Waals surface area contributed by atoms with Gasteiger partial charge in [0.05, 0.1) is 18.8 Å². The fourth-order valence-corrected chi connectivity index (χ4v) is 4.24. The van der Waals surface area contributed by atoms with Crippen molar-refractivity contribution in [1.82, 2.24) is 19.9 Å². The molecule has 0 amide bonds. The molecule has 1 aromatic carbocycles. The minimum atomic E-state index is -5.22. The number of H-pyrrole nitrogens is 1. The maximum absolute atomic E-state index is 13.3. The van der Waals surface area contributed by atoms with Crippen molar-refractivity contribution >= 4 is 28.5 Å². The third-order valence-electron chi connectivity index (χ3n) is 5.59. The smallest absolute Gasteiger partial charge is 0.394 e. The number of hydrogen-bond acceptors (Lipinski definition) is 6. The number of nitrogens with zero attached hydrogens (tertiary/aromatic N) is 4. The highest BCUT2D eigenvalue weighted by Crippen LogP contribution is 2.40. The summed E-state index contributed by atoms with van der Waals surface area (Å²) in [7, 11) is 0. The van der Waals surface area contributed by atoms with Crippen LogP contribution in [-0.4, -0.2) is 49.4 Å². The van der Waals surface area contributed by atoms with Crippen LogP contribution >= 0.6 is 11.6 Å². The monoisotopic (exact) mass is 509 g/mol. The molecule has 7 nitrogen and oxygen atoms in total. The third kappa shape index (κ3) is 4.77. The van der Waals surface area contributed by atoms with Crippen LogP contribution in [0.4, 0.5) is 32.3 Å². The summed E-state index contributed by atoms with van der Waals surface area (Å²) in [6.07, 6.45) is -11.2. The van der Waals surface area contributed by atoms with Gasteiger partial charge in [0, 0.05) is 28.2 Å². The lowest BCUT2D eigenvalue weighted by atomic mass is 9.93. The van der Waals surface area contributed by atoms with Gasteiger partial charge in [0.25, 0.3) is 0 Å². The molecule has 3 heterocycles. The molecule has 0 saturated heterocycles. The van der Waals surface area contributed by atoms with Gasteiger partial charge in [-0.05, 0) is 43.0 Å².